The van der Waals surface area contributed by atoms with Crippen LogP contribution in [-0.2, 0) is 13.6 Å². The molecule has 0 unspecified atom stereocenters. The largest absolute Gasteiger partial charge is 0.481 e. The van der Waals surface area contributed by atoms with Crippen molar-refractivity contribution < 1.29 is 4.74 Å². The third kappa shape index (κ3) is 5.49. The second-order valence-corrected chi connectivity index (χ2v) is 9.74. The topological polar surface area (TPSA) is 76.1 Å². The minimum absolute atomic E-state index is 0.611. The molecule has 0 saturated carbocycles. The lowest BCUT2D eigenvalue weighted by Crippen LogP contribution is -2.45. The number of halogens is 1. The zero-order valence-corrected chi connectivity index (χ0v) is 22.6. The molecular formula is C28H31ClN8O. The van der Waals surface area contributed by atoms with Crippen LogP contribution in [0.15, 0.2) is 72.1 Å². The number of aromatic nitrogens is 5. The van der Waals surface area contributed by atoms with E-state index in [1.54, 1.807) is 18.0 Å². The van der Waals surface area contributed by atoms with Gasteiger partial charge in [-0.05, 0) is 36.9 Å². The summed E-state index contributed by atoms with van der Waals surface area (Å²) in [5.74, 6) is 1.49. The Balaban J connectivity index is 1.32. The Hall–Kier alpha value is -3.95. The molecule has 4 aromatic heterocycles. The summed E-state index contributed by atoms with van der Waals surface area (Å²) >= 11 is 6.53. The Morgan fingerprint density at radius 3 is 2.55 bits per heavy atom. The zero-order chi connectivity index (χ0) is 26.6. The Morgan fingerprint density at radius 2 is 1.89 bits per heavy atom. The van der Waals surface area contributed by atoms with Crippen molar-refractivity contribution in [1.29, 1.82) is 0 Å². The number of piperazine rings is 1. The normalized spacial score (nSPS) is 15.3. The number of ether oxygens (including phenoxy) is 1. The van der Waals surface area contributed by atoms with E-state index in [1.807, 2.05) is 48.5 Å². The van der Waals surface area contributed by atoms with E-state index in [-0.39, 0.29) is 0 Å². The van der Waals surface area contributed by atoms with Gasteiger partial charge in [-0.3, -0.25) is 9.58 Å². The molecule has 1 fully saturated rings. The first-order valence-electron chi connectivity index (χ1n) is 12.4. The van der Waals surface area contributed by atoms with Crippen LogP contribution in [0, 0.1) is 0 Å². The highest BCUT2D eigenvalue weighted by Gasteiger charge is 2.19. The van der Waals surface area contributed by atoms with Crippen LogP contribution in [-0.4, -0.2) is 74.2 Å². The first-order chi connectivity index (χ1) is 18.4. The summed E-state index contributed by atoms with van der Waals surface area (Å²) in [6.45, 7) is 10.4. The van der Waals surface area contributed by atoms with E-state index in [4.69, 9.17) is 16.3 Å². The minimum atomic E-state index is 0.611. The number of aryl methyl sites for hydroxylation is 1. The minimum Gasteiger partial charge on any atom is -0.481 e. The summed E-state index contributed by atoms with van der Waals surface area (Å²) in [5, 5.41) is 9.37. The summed E-state index contributed by atoms with van der Waals surface area (Å²) in [6.07, 6.45) is 13.5. The van der Waals surface area contributed by atoms with Gasteiger partial charge in [-0.25, -0.2) is 14.5 Å². The van der Waals surface area contributed by atoms with Crippen molar-refractivity contribution in [1.82, 2.24) is 34.2 Å². The lowest BCUT2D eigenvalue weighted by molar-refractivity contribution is 0.152. The molecule has 0 radical (unpaired) electrons. The number of rotatable bonds is 8. The summed E-state index contributed by atoms with van der Waals surface area (Å²) in [4.78, 5) is 13.3. The second kappa shape index (κ2) is 11.2. The number of allylic oxidation sites excluding steroid dienone is 3. The SMILES string of the molecule is C=N/C(=C\C=C(/C)c1cc(-c2cnn(C)c2)cn2ncc(Cl)c12)N1CCN(Cc2ccc(OC)nc2)CC1. The van der Waals surface area contributed by atoms with Crippen molar-refractivity contribution in [3.8, 4) is 17.0 Å². The highest BCUT2D eigenvalue weighted by atomic mass is 35.5. The van der Waals surface area contributed by atoms with Gasteiger partial charge in [-0.1, -0.05) is 23.7 Å². The van der Waals surface area contributed by atoms with Crippen LogP contribution < -0.4 is 4.74 Å². The van der Waals surface area contributed by atoms with E-state index in [2.05, 4.69) is 61.8 Å². The molecule has 0 bridgehead atoms. The maximum atomic E-state index is 6.53. The van der Waals surface area contributed by atoms with Crippen molar-refractivity contribution in [2.75, 3.05) is 33.3 Å². The summed E-state index contributed by atoms with van der Waals surface area (Å²) in [6, 6.07) is 6.10. The molecule has 196 valence electrons. The third-order valence-electron chi connectivity index (χ3n) is 6.78. The molecule has 9 nitrogen and oxygen atoms in total. The van der Waals surface area contributed by atoms with Gasteiger partial charge in [0.15, 0.2) is 0 Å². The number of aliphatic imine (C=N–C) groups is 1. The standard InChI is InChI=1S/C28H31ClN8O/c1-20(24-13-22(23-15-32-34(3)18-23)19-37-28(24)25(29)16-33-37)5-7-26(30-2)36-11-9-35(10-12-36)17-21-6-8-27(38-4)31-14-21/h5-8,13-16,18-19H,2,9-12,17H2,1,3-4H3/b20-5+,26-7+. The smallest absolute Gasteiger partial charge is 0.212 e. The van der Waals surface area contributed by atoms with E-state index >= 15 is 0 Å². The monoisotopic (exact) mass is 530 g/mol. The number of nitrogens with zero attached hydrogens (tertiary/aromatic N) is 8. The molecule has 0 aliphatic carbocycles. The first kappa shape index (κ1) is 25.7. The maximum Gasteiger partial charge on any atom is 0.212 e. The van der Waals surface area contributed by atoms with Crippen LogP contribution >= 0.6 is 11.6 Å². The average Bonchev–Trinajstić information content (AvgIpc) is 3.55. The number of hydrogen-bond donors (Lipinski definition) is 0. The van der Waals surface area contributed by atoms with Gasteiger partial charge >= 0.3 is 0 Å². The van der Waals surface area contributed by atoms with E-state index < -0.39 is 0 Å². The predicted octanol–water partition coefficient (Wildman–Crippen LogP) is 4.55. The van der Waals surface area contributed by atoms with Crippen LogP contribution in [0.1, 0.15) is 18.1 Å². The van der Waals surface area contributed by atoms with E-state index in [0.717, 1.165) is 66.3 Å². The van der Waals surface area contributed by atoms with Crippen molar-refractivity contribution in [2.45, 2.75) is 13.5 Å². The van der Waals surface area contributed by atoms with Gasteiger partial charge in [0, 0.05) is 81.1 Å². The highest BCUT2D eigenvalue weighted by Crippen LogP contribution is 2.31. The Morgan fingerprint density at radius 1 is 1.08 bits per heavy atom. The summed E-state index contributed by atoms with van der Waals surface area (Å²) in [7, 11) is 3.54. The van der Waals surface area contributed by atoms with Crippen LogP contribution in [0.5, 0.6) is 5.88 Å². The average molecular weight is 531 g/mol. The van der Waals surface area contributed by atoms with Gasteiger partial charge in [0.2, 0.25) is 5.88 Å². The van der Waals surface area contributed by atoms with Crippen LogP contribution in [0.4, 0.5) is 0 Å². The van der Waals surface area contributed by atoms with Gasteiger partial charge in [0.05, 0.1) is 30.0 Å². The molecule has 10 heteroatoms. The van der Waals surface area contributed by atoms with Gasteiger partial charge in [-0.15, -0.1) is 0 Å². The van der Waals surface area contributed by atoms with Gasteiger partial charge in [-0.2, -0.15) is 10.2 Å². The highest BCUT2D eigenvalue weighted by molar-refractivity contribution is 6.34. The fraction of sp³-hybridized carbons (Fsp3) is 0.286. The fourth-order valence-electron chi connectivity index (χ4n) is 4.68. The zero-order valence-electron chi connectivity index (χ0n) is 21.9. The lowest BCUT2D eigenvalue weighted by atomic mass is 10.0. The van der Waals surface area contributed by atoms with E-state index in [0.29, 0.717) is 10.9 Å². The van der Waals surface area contributed by atoms with Crippen LogP contribution in [0.3, 0.4) is 0 Å². The van der Waals surface area contributed by atoms with Crippen molar-refractivity contribution in [3.63, 3.8) is 0 Å². The van der Waals surface area contributed by atoms with Gasteiger partial charge in [0.1, 0.15) is 5.82 Å². The van der Waals surface area contributed by atoms with E-state index in [1.165, 1.54) is 5.56 Å². The fourth-order valence-corrected chi connectivity index (χ4v) is 4.91. The Bertz CT molecular complexity index is 1490. The van der Waals surface area contributed by atoms with Crippen LogP contribution in [0.25, 0.3) is 22.2 Å². The molecular weight excluding hydrogens is 500 g/mol. The molecule has 5 heterocycles. The Labute approximate surface area is 227 Å². The van der Waals surface area contributed by atoms with Crippen molar-refractivity contribution >= 4 is 29.4 Å². The van der Waals surface area contributed by atoms with E-state index in [9.17, 15) is 0 Å². The summed E-state index contributed by atoms with van der Waals surface area (Å²) in [5.41, 5.74) is 6.14. The molecule has 5 rings (SSSR count). The molecule has 0 spiro atoms. The third-order valence-corrected chi connectivity index (χ3v) is 7.06. The first-order valence-corrected chi connectivity index (χ1v) is 12.8. The molecule has 0 N–H and O–H groups in total. The molecule has 1 aliphatic heterocycles. The quantitative estimate of drug-likeness (QED) is 0.246. The molecule has 38 heavy (non-hydrogen) atoms. The van der Waals surface area contributed by atoms with Crippen LogP contribution in [0.2, 0.25) is 5.02 Å². The molecule has 1 aliphatic rings. The second-order valence-electron chi connectivity index (χ2n) is 9.34. The predicted molar refractivity (Wildman–Crippen MR) is 151 cm³/mol. The van der Waals surface area contributed by atoms with Gasteiger partial charge < -0.3 is 9.64 Å². The summed E-state index contributed by atoms with van der Waals surface area (Å²) < 4.78 is 8.77. The number of methoxy groups -OCH3 is 1. The van der Waals surface area contributed by atoms with Crippen molar-refractivity contribution in [3.05, 3.63) is 83.3 Å². The molecule has 4 aromatic rings. The molecule has 0 amide bonds. The number of hydrogen-bond acceptors (Lipinski definition) is 7. The number of fused-ring (bicyclic) bond motifs is 1. The van der Waals surface area contributed by atoms with Gasteiger partial charge in [0.25, 0.3) is 0 Å². The molecule has 0 aromatic carbocycles. The lowest BCUT2D eigenvalue weighted by Gasteiger charge is -2.35. The van der Waals surface area contributed by atoms with Crippen molar-refractivity contribution in [2.24, 2.45) is 12.0 Å². The molecule has 1 saturated heterocycles. The molecule has 0 atom stereocenters. The maximum absolute atomic E-state index is 6.53. The Kier molecular flexibility index (Phi) is 7.57. The number of pyridine rings is 2.